The predicted molar refractivity (Wildman–Crippen MR) is 138 cm³/mol. The molecular formula is C26H42N2O6. The van der Waals surface area contributed by atoms with E-state index in [-0.39, 0.29) is 19.5 Å². The van der Waals surface area contributed by atoms with Gasteiger partial charge in [-0.25, -0.2) is 0 Å². The van der Waals surface area contributed by atoms with E-state index in [1.165, 1.54) is 0 Å². The van der Waals surface area contributed by atoms with Gasteiger partial charge in [-0.05, 0) is 44.9 Å². The maximum Gasteiger partial charge on any atom is 0.317 e. The van der Waals surface area contributed by atoms with Crippen LogP contribution in [0.4, 0.5) is 0 Å². The van der Waals surface area contributed by atoms with Crippen molar-refractivity contribution in [2.24, 2.45) is 11.5 Å². The number of hydrogen-bond acceptors (Lipinski definition) is 5. The van der Waals surface area contributed by atoms with Crippen molar-refractivity contribution >= 4 is 17.9 Å². The van der Waals surface area contributed by atoms with Crippen molar-refractivity contribution in [3.05, 3.63) is 72.9 Å². The highest BCUT2D eigenvalue weighted by Gasteiger charge is 1.90. The van der Waals surface area contributed by atoms with Crippen LogP contribution >= 0.6 is 0 Å². The van der Waals surface area contributed by atoms with Gasteiger partial charge < -0.3 is 26.8 Å². The van der Waals surface area contributed by atoms with Crippen molar-refractivity contribution in [3.63, 3.8) is 0 Å². The lowest BCUT2D eigenvalue weighted by atomic mass is 10.2. The van der Waals surface area contributed by atoms with Crippen LogP contribution in [0.2, 0.25) is 0 Å². The molecule has 0 bridgehead atoms. The molecule has 0 aliphatic rings. The summed E-state index contributed by atoms with van der Waals surface area (Å²) in [6.07, 6.45) is 32.5. The molecule has 0 fully saturated rings. The van der Waals surface area contributed by atoms with E-state index in [1.807, 2.05) is 12.2 Å². The average molecular weight is 479 g/mol. The van der Waals surface area contributed by atoms with Gasteiger partial charge in [0.05, 0.1) is 13.1 Å². The summed E-state index contributed by atoms with van der Waals surface area (Å²) >= 11 is 0. The van der Waals surface area contributed by atoms with Crippen LogP contribution in [0.1, 0.15) is 58.3 Å². The minimum atomic E-state index is -0.968. The van der Waals surface area contributed by atoms with E-state index in [1.54, 1.807) is 0 Å². The molecule has 0 aromatic rings. The van der Waals surface area contributed by atoms with Gasteiger partial charge >= 0.3 is 17.9 Å². The quantitative estimate of drug-likeness (QED) is 0.201. The van der Waals surface area contributed by atoms with Crippen molar-refractivity contribution in [1.29, 1.82) is 0 Å². The van der Waals surface area contributed by atoms with Crippen molar-refractivity contribution in [2.75, 3.05) is 13.1 Å². The molecular weight excluding hydrogens is 436 g/mol. The second kappa shape index (κ2) is 32.0. The highest BCUT2D eigenvalue weighted by molar-refractivity contribution is 5.68. The number of aliphatic carboxylic acids is 3. The Morgan fingerprint density at radius 3 is 1.03 bits per heavy atom. The third-order valence-corrected chi connectivity index (χ3v) is 3.47. The summed E-state index contributed by atoms with van der Waals surface area (Å²) in [6, 6.07) is 0. The number of rotatable bonds is 16. The summed E-state index contributed by atoms with van der Waals surface area (Å²) < 4.78 is 0. The first-order chi connectivity index (χ1) is 16.3. The second-order valence-corrected chi connectivity index (χ2v) is 6.54. The van der Waals surface area contributed by atoms with Crippen molar-refractivity contribution in [3.8, 4) is 0 Å². The van der Waals surface area contributed by atoms with Gasteiger partial charge in [-0.3, -0.25) is 14.4 Å². The van der Waals surface area contributed by atoms with Crippen molar-refractivity contribution in [1.82, 2.24) is 0 Å². The largest absolute Gasteiger partial charge is 0.481 e. The molecule has 0 spiro atoms. The van der Waals surface area contributed by atoms with Crippen LogP contribution in [0.15, 0.2) is 72.9 Å². The first-order valence-electron chi connectivity index (χ1n) is 11.3. The summed E-state index contributed by atoms with van der Waals surface area (Å²) in [5, 5.41) is 23.7. The molecule has 8 heteroatoms. The molecule has 0 atom stereocenters. The third-order valence-electron chi connectivity index (χ3n) is 3.47. The number of nitrogens with two attached hydrogens (primary N) is 2. The Bertz CT molecular complexity index is 663. The van der Waals surface area contributed by atoms with E-state index in [9.17, 15) is 14.4 Å². The van der Waals surface area contributed by atoms with Gasteiger partial charge in [-0.15, -0.1) is 0 Å². The van der Waals surface area contributed by atoms with Crippen LogP contribution in [0.5, 0.6) is 0 Å². The molecule has 0 radical (unpaired) electrons. The Balaban J connectivity index is -0.000000799. The van der Waals surface area contributed by atoms with Gasteiger partial charge in [0.2, 0.25) is 0 Å². The SMILES string of the molecule is CC/C=C\C/C=C\C/C=C\C/C=C\C/C=C\C/C=C\CCC(=O)O.NCC(=O)O.NCC(=O)O. The highest BCUT2D eigenvalue weighted by Crippen LogP contribution is 1.97. The summed E-state index contributed by atoms with van der Waals surface area (Å²) in [7, 11) is 0. The van der Waals surface area contributed by atoms with Crippen LogP contribution in [-0.2, 0) is 14.4 Å². The number of carboxylic acid groups (broad SMARTS) is 3. The maximum absolute atomic E-state index is 10.3. The highest BCUT2D eigenvalue weighted by atomic mass is 16.4. The molecule has 192 valence electrons. The molecule has 34 heavy (non-hydrogen) atoms. The summed E-state index contributed by atoms with van der Waals surface area (Å²) in [6.45, 7) is 1.59. The molecule has 0 heterocycles. The molecule has 8 nitrogen and oxygen atoms in total. The zero-order valence-corrected chi connectivity index (χ0v) is 20.2. The van der Waals surface area contributed by atoms with Crippen LogP contribution in [0, 0.1) is 0 Å². The van der Waals surface area contributed by atoms with E-state index in [2.05, 4.69) is 79.2 Å². The zero-order valence-electron chi connectivity index (χ0n) is 20.2. The summed E-state index contributed by atoms with van der Waals surface area (Å²) in [4.78, 5) is 28.8. The fourth-order valence-corrected chi connectivity index (χ4v) is 1.85. The average Bonchev–Trinajstić information content (AvgIpc) is 2.81. The lowest BCUT2D eigenvalue weighted by molar-refractivity contribution is -0.137. The van der Waals surface area contributed by atoms with Gasteiger partial charge in [-0.1, -0.05) is 79.8 Å². The summed E-state index contributed by atoms with van der Waals surface area (Å²) in [5.74, 6) is -2.68. The van der Waals surface area contributed by atoms with Gasteiger partial charge in [0, 0.05) is 6.42 Å². The first-order valence-corrected chi connectivity index (χ1v) is 11.3. The number of carbonyl (C=O) groups is 3. The predicted octanol–water partition coefficient (Wildman–Crippen LogP) is 4.61. The van der Waals surface area contributed by atoms with Crippen LogP contribution in [0.3, 0.4) is 0 Å². The molecule has 0 rings (SSSR count). The molecule has 0 aliphatic carbocycles. The Hall–Kier alpha value is -3.23. The molecule has 0 aromatic carbocycles. The van der Waals surface area contributed by atoms with Gasteiger partial charge in [-0.2, -0.15) is 0 Å². The Morgan fingerprint density at radius 2 is 0.794 bits per heavy atom. The van der Waals surface area contributed by atoms with Crippen molar-refractivity contribution in [2.45, 2.75) is 58.3 Å². The van der Waals surface area contributed by atoms with Gasteiger partial charge in [0.1, 0.15) is 0 Å². The van der Waals surface area contributed by atoms with Gasteiger partial charge in [0.25, 0.3) is 0 Å². The third kappa shape index (κ3) is 46.8. The van der Waals surface area contributed by atoms with E-state index < -0.39 is 17.9 Å². The smallest absolute Gasteiger partial charge is 0.317 e. The fourth-order valence-electron chi connectivity index (χ4n) is 1.85. The van der Waals surface area contributed by atoms with Crippen LogP contribution in [0.25, 0.3) is 0 Å². The molecule has 0 amide bonds. The van der Waals surface area contributed by atoms with Crippen LogP contribution in [-0.4, -0.2) is 46.3 Å². The lowest BCUT2D eigenvalue weighted by Crippen LogP contribution is -2.10. The lowest BCUT2D eigenvalue weighted by Gasteiger charge is -1.87. The topological polar surface area (TPSA) is 164 Å². The molecule has 0 saturated heterocycles. The van der Waals surface area contributed by atoms with Crippen LogP contribution < -0.4 is 11.5 Å². The van der Waals surface area contributed by atoms with E-state index in [4.69, 9.17) is 15.3 Å². The fraction of sp³-hybridized carbons (Fsp3) is 0.423. The number of carboxylic acids is 3. The van der Waals surface area contributed by atoms with E-state index >= 15 is 0 Å². The molecule has 0 unspecified atom stereocenters. The number of allylic oxidation sites excluding steroid dienone is 12. The van der Waals surface area contributed by atoms with Crippen molar-refractivity contribution < 1.29 is 29.7 Å². The Labute approximate surface area is 203 Å². The Morgan fingerprint density at radius 1 is 0.529 bits per heavy atom. The molecule has 7 N–H and O–H groups in total. The first kappa shape index (κ1) is 35.4. The molecule has 0 saturated carbocycles. The molecule has 0 aromatic heterocycles. The van der Waals surface area contributed by atoms with Gasteiger partial charge in [0.15, 0.2) is 0 Å². The molecule has 0 aliphatic heterocycles. The summed E-state index contributed by atoms with van der Waals surface area (Å²) in [5.41, 5.74) is 9.14. The zero-order chi connectivity index (χ0) is 26.3. The minimum absolute atomic E-state index is 0.210. The maximum atomic E-state index is 10.3. The standard InChI is InChI=1S/C22H32O2.2C2H5NO2/c1-2-3-4-5-6-7-8-9-10-11-12-13-14-15-16-17-18-19-20-21-22(23)24;2*3-1-2(4)5/h3-4,6-7,9-10,12-13,15-16,18-19H,2,5,8,11,14,17,20-21H2,1H3,(H,23,24);2*1,3H2,(H,4,5)/b4-3-,7-6-,10-9-,13-12-,16-15-,19-18-;;. The monoisotopic (exact) mass is 478 g/mol. The normalized spacial score (nSPS) is 11.4. The van der Waals surface area contributed by atoms with E-state index in [0.29, 0.717) is 6.42 Å². The minimum Gasteiger partial charge on any atom is -0.481 e. The second-order valence-electron chi connectivity index (χ2n) is 6.54. The number of hydrogen-bond donors (Lipinski definition) is 5. The van der Waals surface area contributed by atoms with E-state index in [0.717, 1.165) is 38.5 Å². The Kier molecular flexibility index (Phi) is 33.2.